The third kappa shape index (κ3) is 3.66. The topological polar surface area (TPSA) is 89.5 Å². The maximum atomic E-state index is 13.1. The molecule has 1 N–H and O–H groups in total. The number of halogens is 1. The van der Waals surface area contributed by atoms with Crippen LogP contribution < -0.4 is 5.56 Å². The lowest BCUT2D eigenvalue weighted by molar-refractivity contribution is -0.137. The molecule has 4 rings (SSSR count). The van der Waals surface area contributed by atoms with Crippen LogP contribution in [-0.2, 0) is 11.3 Å². The van der Waals surface area contributed by atoms with Gasteiger partial charge in [0.25, 0.3) is 5.56 Å². The number of carboxylic acids is 1. The summed E-state index contributed by atoms with van der Waals surface area (Å²) in [4.78, 5) is 29.0. The number of hydrogen-bond acceptors (Lipinski definition) is 4. The fraction of sp³-hybridized carbons (Fsp3) is 0.182. The van der Waals surface area contributed by atoms with E-state index >= 15 is 0 Å². The van der Waals surface area contributed by atoms with Crippen molar-refractivity contribution in [2.24, 2.45) is 5.10 Å². The Morgan fingerprint density at radius 2 is 2.00 bits per heavy atom. The van der Waals surface area contributed by atoms with E-state index in [1.54, 1.807) is 29.1 Å². The molecule has 8 heteroatoms. The second-order valence-electron chi connectivity index (χ2n) is 7.27. The van der Waals surface area contributed by atoms with Crippen molar-refractivity contribution in [3.63, 3.8) is 0 Å². The van der Waals surface area contributed by atoms with Crippen molar-refractivity contribution in [2.75, 3.05) is 0 Å². The van der Waals surface area contributed by atoms with Crippen LogP contribution in [-0.4, -0.2) is 31.5 Å². The van der Waals surface area contributed by atoms with Crippen LogP contribution in [0.15, 0.2) is 63.0 Å². The van der Waals surface area contributed by atoms with E-state index in [1.807, 2.05) is 44.2 Å². The number of para-hydroxylation sites is 1. The molecule has 0 amide bonds. The van der Waals surface area contributed by atoms with Gasteiger partial charge in [-0.2, -0.15) is 9.78 Å². The van der Waals surface area contributed by atoms with Crippen LogP contribution in [0.1, 0.15) is 31.2 Å². The Kier molecular flexibility index (Phi) is 5.26. The monoisotopic (exact) mass is 466 g/mol. The average Bonchev–Trinajstić information content (AvgIpc) is 3.04. The molecule has 0 aliphatic rings. The van der Waals surface area contributed by atoms with Gasteiger partial charge in [0.15, 0.2) is 0 Å². The van der Waals surface area contributed by atoms with Crippen LogP contribution in [0.3, 0.4) is 0 Å². The van der Waals surface area contributed by atoms with Gasteiger partial charge in [0.2, 0.25) is 0 Å². The quantitative estimate of drug-likeness (QED) is 0.446. The average molecular weight is 467 g/mol. The molecule has 2 heterocycles. The molecule has 4 aromatic rings. The first kappa shape index (κ1) is 20.0. The first-order valence-corrected chi connectivity index (χ1v) is 10.2. The standard InChI is InChI=1S/C22H19BrN4O3/c1-13(2)21-25-18-8-7-15(23)9-17(18)22(30)27(21)24-10-14-11-26(12-20(28)29)19-6-4-3-5-16(14)19/h3-11,13H,12H2,1-2H3,(H,28,29). The van der Waals surface area contributed by atoms with Crippen molar-refractivity contribution < 1.29 is 9.90 Å². The predicted octanol–water partition coefficient (Wildman–Crippen LogP) is 4.20. The van der Waals surface area contributed by atoms with E-state index in [0.29, 0.717) is 16.7 Å². The van der Waals surface area contributed by atoms with E-state index in [-0.39, 0.29) is 18.0 Å². The SMILES string of the molecule is CC(C)c1nc2ccc(Br)cc2c(=O)n1N=Cc1cn(CC(=O)O)c2ccccc12. The lowest BCUT2D eigenvalue weighted by atomic mass is 10.2. The van der Waals surface area contributed by atoms with Crippen LogP contribution in [0.25, 0.3) is 21.8 Å². The highest BCUT2D eigenvalue weighted by Crippen LogP contribution is 2.21. The third-order valence-corrected chi connectivity index (χ3v) is 5.28. The Morgan fingerprint density at radius 3 is 2.73 bits per heavy atom. The van der Waals surface area contributed by atoms with Gasteiger partial charge in [-0.05, 0) is 24.3 Å². The van der Waals surface area contributed by atoms with Gasteiger partial charge < -0.3 is 9.67 Å². The Labute approximate surface area is 180 Å². The van der Waals surface area contributed by atoms with Crippen molar-refractivity contribution in [1.29, 1.82) is 0 Å². The lowest BCUT2D eigenvalue weighted by Crippen LogP contribution is -2.23. The van der Waals surface area contributed by atoms with E-state index in [0.717, 1.165) is 20.9 Å². The van der Waals surface area contributed by atoms with Gasteiger partial charge in [0.1, 0.15) is 12.4 Å². The highest BCUT2D eigenvalue weighted by atomic mass is 79.9. The number of aliphatic carboxylic acids is 1. The minimum Gasteiger partial charge on any atom is -0.480 e. The third-order valence-electron chi connectivity index (χ3n) is 4.79. The van der Waals surface area contributed by atoms with Crippen LogP contribution in [0.4, 0.5) is 0 Å². The highest BCUT2D eigenvalue weighted by molar-refractivity contribution is 9.10. The summed E-state index contributed by atoms with van der Waals surface area (Å²) in [7, 11) is 0. The summed E-state index contributed by atoms with van der Waals surface area (Å²) >= 11 is 3.40. The number of carboxylic acid groups (broad SMARTS) is 1. The van der Waals surface area contributed by atoms with E-state index in [1.165, 1.54) is 4.68 Å². The number of rotatable bonds is 5. The number of hydrogen-bond donors (Lipinski definition) is 1. The van der Waals surface area contributed by atoms with Crippen LogP contribution in [0.2, 0.25) is 0 Å². The highest BCUT2D eigenvalue weighted by Gasteiger charge is 2.14. The molecule has 152 valence electrons. The van der Waals surface area contributed by atoms with E-state index in [9.17, 15) is 14.7 Å². The molecule has 0 atom stereocenters. The first-order chi connectivity index (χ1) is 14.3. The lowest BCUT2D eigenvalue weighted by Gasteiger charge is -2.11. The normalized spacial score (nSPS) is 11.9. The molecule has 30 heavy (non-hydrogen) atoms. The van der Waals surface area contributed by atoms with Crippen molar-refractivity contribution in [2.45, 2.75) is 26.3 Å². The molecular formula is C22H19BrN4O3. The summed E-state index contributed by atoms with van der Waals surface area (Å²) in [6, 6.07) is 12.9. The molecule has 0 bridgehead atoms. The Bertz CT molecular complexity index is 1370. The van der Waals surface area contributed by atoms with E-state index < -0.39 is 5.97 Å². The Balaban J connectivity index is 1.89. The molecule has 2 aromatic carbocycles. The molecule has 0 spiro atoms. The van der Waals surface area contributed by atoms with Crippen molar-refractivity contribution in [3.8, 4) is 0 Å². The summed E-state index contributed by atoms with van der Waals surface area (Å²) in [6.07, 6.45) is 3.31. The Morgan fingerprint density at radius 1 is 1.23 bits per heavy atom. The fourth-order valence-electron chi connectivity index (χ4n) is 3.43. The summed E-state index contributed by atoms with van der Waals surface area (Å²) in [6.45, 7) is 3.76. The molecule has 0 saturated carbocycles. The molecular weight excluding hydrogens is 448 g/mol. The summed E-state index contributed by atoms with van der Waals surface area (Å²) < 4.78 is 3.77. The van der Waals surface area contributed by atoms with E-state index in [4.69, 9.17) is 0 Å². The molecule has 0 aliphatic carbocycles. The largest absolute Gasteiger partial charge is 0.480 e. The molecule has 0 saturated heterocycles. The maximum Gasteiger partial charge on any atom is 0.323 e. The van der Waals surface area contributed by atoms with Gasteiger partial charge in [-0.15, -0.1) is 0 Å². The van der Waals surface area contributed by atoms with Gasteiger partial charge in [0, 0.05) is 33.1 Å². The number of fused-ring (bicyclic) bond motifs is 2. The predicted molar refractivity (Wildman–Crippen MR) is 120 cm³/mol. The zero-order valence-electron chi connectivity index (χ0n) is 16.4. The summed E-state index contributed by atoms with van der Waals surface area (Å²) in [5, 5.41) is 15.0. The van der Waals surface area contributed by atoms with Crippen LogP contribution in [0, 0.1) is 0 Å². The van der Waals surface area contributed by atoms with E-state index in [2.05, 4.69) is 26.0 Å². The summed E-state index contributed by atoms with van der Waals surface area (Å²) in [5.74, 6) is -0.390. The summed E-state index contributed by atoms with van der Waals surface area (Å²) in [5.41, 5.74) is 1.88. The van der Waals surface area contributed by atoms with Gasteiger partial charge in [-0.3, -0.25) is 9.59 Å². The second kappa shape index (κ2) is 7.87. The number of nitrogens with zero attached hydrogens (tertiary/aromatic N) is 4. The molecule has 0 unspecified atom stereocenters. The van der Waals surface area contributed by atoms with Crippen molar-refractivity contribution in [1.82, 2.24) is 14.2 Å². The smallest absolute Gasteiger partial charge is 0.323 e. The fourth-order valence-corrected chi connectivity index (χ4v) is 3.79. The minimum atomic E-state index is -0.929. The molecule has 0 radical (unpaired) electrons. The van der Waals surface area contributed by atoms with Crippen molar-refractivity contribution in [3.05, 3.63) is 74.9 Å². The molecule has 2 aromatic heterocycles. The second-order valence-corrected chi connectivity index (χ2v) is 8.19. The molecule has 0 fully saturated rings. The van der Waals surface area contributed by atoms with Gasteiger partial charge in [-0.1, -0.05) is 48.0 Å². The van der Waals surface area contributed by atoms with Crippen LogP contribution >= 0.6 is 15.9 Å². The zero-order chi connectivity index (χ0) is 21.4. The Hall–Kier alpha value is -3.26. The first-order valence-electron chi connectivity index (χ1n) is 9.41. The zero-order valence-corrected chi connectivity index (χ0v) is 18.0. The minimum absolute atomic E-state index is 0.0174. The molecule has 7 nitrogen and oxygen atoms in total. The number of aromatic nitrogens is 3. The van der Waals surface area contributed by atoms with Crippen LogP contribution in [0.5, 0.6) is 0 Å². The number of carbonyl (C=O) groups is 1. The van der Waals surface area contributed by atoms with Gasteiger partial charge >= 0.3 is 5.97 Å². The molecule has 0 aliphatic heterocycles. The van der Waals surface area contributed by atoms with Gasteiger partial charge in [0.05, 0.1) is 17.1 Å². The van der Waals surface area contributed by atoms with Crippen molar-refractivity contribution >= 4 is 49.9 Å². The van der Waals surface area contributed by atoms with Gasteiger partial charge in [-0.25, -0.2) is 4.98 Å². The maximum absolute atomic E-state index is 13.1. The number of benzene rings is 2.